The monoisotopic (exact) mass is 307 g/mol. The van der Waals surface area contributed by atoms with Crippen molar-refractivity contribution in [3.05, 3.63) is 75.1 Å². The summed E-state index contributed by atoms with van der Waals surface area (Å²) >= 11 is 0. The van der Waals surface area contributed by atoms with Gasteiger partial charge in [-0.3, -0.25) is 0 Å². The summed E-state index contributed by atoms with van der Waals surface area (Å²) in [6.45, 7) is 0. The van der Waals surface area contributed by atoms with Crippen molar-refractivity contribution in [2.45, 2.75) is 37.3 Å². The summed E-state index contributed by atoms with van der Waals surface area (Å²) in [5, 5.41) is 0. The maximum atomic E-state index is 13.1. The number of hydrogen-bond donors (Lipinski definition) is 0. The summed E-state index contributed by atoms with van der Waals surface area (Å²) in [6.07, 6.45) is 10.1. The first kappa shape index (κ1) is 12.9. The Morgan fingerprint density at radius 1 is 1.04 bits per heavy atom. The van der Waals surface area contributed by atoms with E-state index in [-0.39, 0.29) is 23.0 Å². The average molecular weight is 307 g/mol. The van der Waals surface area contributed by atoms with Crippen LogP contribution in [0, 0.1) is 0 Å². The van der Waals surface area contributed by atoms with E-state index in [0.29, 0.717) is 5.69 Å². The van der Waals surface area contributed by atoms with E-state index in [0.717, 1.165) is 25.7 Å². The van der Waals surface area contributed by atoms with Crippen molar-refractivity contribution >= 4 is 0 Å². The molecule has 2 bridgehead atoms. The van der Waals surface area contributed by atoms with Gasteiger partial charge in [-0.1, -0.05) is 36.4 Å². The first-order valence-electron chi connectivity index (χ1n) is 8.11. The fraction of sp³-hybridized carbons (Fsp3) is 0.333. The fourth-order valence-corrected chi connectivity index (χ4v) is 4.45. The molecule has 2 aliphatic heterocycles. The number of para-hydroxylation sites is 1. The smallest absolute Gasteiger partial charge is 0.245 e. The number of hydrogen-bond acceptors (Lipinski definition) is 2. The second kappa shape index (κ2) is 4.25. The molecule has 0 radical (unpaired) electrons. The Bertz CT molecular complexity index is 974. The Kier molecular flexibility index (Phi) is 2.39. The van der Waals surface area contributed by atoms with Crippen LogP contribution >= 0.6 is 0 Å². The standard InChI is InChI=1S/C18H17N3O2/c22-16-19(14-7-2-1-3-8-14)17(23)21-18-10-5-4-6-13(18)12-15(9-11-18)20(16)21/h1-5,7-8,12,15H,6,9-11H2. The van der Waals surface area contributed by atoms with E-state index < -0.39 is 0 Å². The Balaban J connectivity index is 1.85. The predicted octanol–water partition coefficient (Wildman–Crippen LogP) is 2.12. The molecule has 6 rings (SSSR count). The highest BCUT2D eigenvalue weighted by atomic mass is 16.2. The average Bonchev–Trinajstić information content (AvgIpc) is 2.88. The van der Waals surface area contributed by atoms with Crippen molar-refractivity contribution in [2.75, 3.05) is 0 Å². The molecule has 0 amide bonds. The lowest BCUT2D eigenvalue weighted by Crippen LogP contribution is -2.54. The van der Waals surface area contributed by atoms with Gasteiger partial charge in [-0.2, -0.15) is 0 Å². The molecule has 3 heterocycles. The molecule has 23 heavy (non-hydrogen) atoms. The van der Waals surface area contributed by atoms with E-state index in [1.807, 2.05) is 30.3 Å². The first-order valence-corrected chi connectivity index (χ1v) is 8.11. The third kappa shape index (κ3) is 1.47. The Morgan fingerprint density at radius 3 is 2.70 bits per heavy atom. The Hall–Kier alpha value is -2.56. The SMILES string of the molecule is O=c1n(-c2ccccc2)c(=O)n2n1C1C=C3CC=CCC32CC1. The molecule has 1 spiro atoms. The van der Waals surface area contributed by atoms with Gasteiger partial charge in [-0.15, -0.1) is 0 Å². The molecule has 2 atom stereocenters. The van der Waals surface area contributed by atoms with Crippen molar-refractivity contribution in [1.82, 2.24) is 13.9 Å². The topological polar surface area (TPSA) is 48.9 Å². The van der Waals surface area contributed by atoms with E-state index in [1.54, 1.807) is 9.36 Å². The molecule has 2 aromatic rings. The zero-order valence-electron chi connectivity index (χ0n) is 12.7. The van der Waals surface area contributed by atoms with Crippen molar-refractivity contribution in [2.24, 2.45) is 0 Å². The van der Waals surface area contributed by atoms with Gasteiger partial charge in [0.2, 0.25) is 0 Å². The molecule has 0 saturated heterocycles. The minimum Gasteiger partial charge on any atom is -0.245 e. The van der Waals surface area contributed by atoms with Crippen LogP contribution in [0.2, 0.25) is 0 Å². The van der Waals surface area contributed by atoms with Crippen LogP contribution in [0.5, 0.6) is 0 Å². The van der Waals surface area contributed by atoms with Gasteiger partial charge in [0.25, 0.3) is 0 Å². The van der Waals surface area contributed by atoms with Crippen LogP contribution in [-0.2, 0) is 5.54 Å². The zero-order chi connectivity index (χ0) is 15.6. The first-order chi connectivity index (χ1) is 11.2. The minimum absolute atomic E-state index is 0.00328. The third-order valence-electron chi connectivity index (χ3n) is 5.51. The lowest BCUT2D eigenvalue weighted by molar-refractivity contribution is 0.137. The van der Waals surface area contributed by atoms with Crippen LogP contribution in [0.1, 0.15) is 31.7 Å². The highest BCUT2D eigenvalue weighted by molar-refractivity contribution is 5.35. The maximum Gasteiger partial charge on any atom is 0.352 e. The summed E-state index contributed by atoms with van der Waals surface area (Å²) in [4.78, 5) is 26.1. The molecule has 0 N–H and O–H groups in total. The van der Waals surface area contributed by atoms with Crippen LogP contribution in [0.25, 0.3) is 5.69 Å². The molecule has 1 aromatic heterocycles. The normalized spacial score (nSPS) is 27.5. The van der Waals surface area contributed by atoms with Gasteiger partial charge in [0, 0.05) is 0 Å². The van der Waals surface area contributed by atoms with E-state index in [1.165, 1.54) is 10.1 Å². The van der Waals surface area contributed by atoms with E-state index in [4.69, 9.17) is 0 Å². The molecule has 0 fully saturated rings. The molecule has 2 aliphatic carbocycles. The highest BCUT2D eigenvalue weighted by Gasteiger charge is 2.49. The summed E-state index contributed by atoms with van der Waals surface area (Å²) in [7, 11) is 0. The lowest BCUT2D eigenvalue weighted by Gasteiger charge is -2.48. The van der Waals surface area contributed by atoms with Crippen molar-refractivity contribution in [3.63, 3.8) is 0 Å². The second-order valence-corrected chi connectivity index (χ2v) is 6.60. The summed E-state index contributed by atoms with van der Waals surface area (Å²) in [5.41, 5.74) is 1.16. The van der Waals surface area contributed by atoms with Crippen LogP contribution in [0.4, 0.5) is 0 Å². The van der Waals surface area contributed by atoms with Gasteiger partial charge >= 0.3 is 11.4 Å². The molecule has 5 nitrogen and oxygen atoms in total. The molecule has 0 saturated carbocycles. The van der Waals surface area contributed by atoms with Gasteiger partial charge in [0.05, 0.1) is 17.3 Å². The van der Waals surface area contributed by atoms with E-state index in [9.17, 15) is 9.59 Å². The number of rotatable bonds is 1. The number of fused-ring (bicyclic) bond motifs is 1. The molecule has 4 aliphatic rings. The highest BCUT2D eigenvalue weighted by Crippen LogP contribution is 2.48. The Morgan fingerprint density at radius 2 is 1.87 bits per heavy atom. The molecule has 116 valence electrons. The molecule has 1 aromatic carbocycles. The molecule has 5 heteroatoms. The van der Waals surface area contributed by atoms with E-state index in [2.05, 4.69) is 18.2 Å². The van der Waals surface area contributed by atoms with E-state index >= 15 is 0 Å². The van der Waals surface area contributed by atoms with Crippen LogP contribution in [0.3, 0.4) is 0 Å². The van der Waals surface area contributed by atoms with Gasteiger partial charge in [-0.05, 0) is 43.4 Å². The van der Waals surface area contributed by atoms with Gasteiger partial charge in [-0.25, -0.2) is 23.5 Å². The minimum atomic E-state index is -0.334. The summed E-state index contributed by atoms with van der Waals surface area (Å²) < 4.78 is 4.74. The fourth-order valence-electron chi connectivity index (χ4n) is 4.45. The van der Waals surface area contributed by atoms with Crippen molar-refractivity contribution in [1.29, 1.82) is 0 Å². The van der Waals surface area contributed by atoms with Crippen LogP contribution in [-0.4, -0.2) is 13.9 Å². The third-order valence-corrected chi connectivity index (χ3v) is 5.51. The second-order valence-electron chi connectivity index (χ2n) is 6.60. The van der Waals surface area contributed by atoms with Gasteiger partial charge < -0.3 is 0 Å². The molecular weight excluding hydrogens is 290 g/mol. The van der Waals surface area contributed by atoms with Crippen LogP contribution in [0.15, 0.2) is 63.7 Å². The zero-order valence-corrected chi connectivity index (χ0v) is 12.7. The summed E-state index contributed by atoms with van der Waals surface area (Å²) in [5.74, 6) is 0. The van der Waals surface area contributed by atoms with Crippen molar-refractivity contribution in [3.8, 4) is 5.69 Å². The van der Waals surface area contributed by atoms with Crippen LogP contribution < -0.4 is 11.4 Å². The number of nitrogens with zero attached hydrogens (tertiary/aromatic N) is 3. The van der Waals surface area contributed by atoms with Gasteiger partial charge in [0.15, 0.2) is 0 Å². The van der Waals surface area contributed by atoms with Crippen molar-refractivity contribution < 1.29 is 0 Å². The quantitative estimate of drug-likeness (QED) is 0.758. The maximum absolute atomic E-state index is 13.1. The number of allylic oxidation sites excluding steroid dienone is 4. The van der Waals surface area contributed by atoms with Gasteiger partial charge in [0.1, 0.15) is 0 Å². The summed E-state index contributed by atoms with van der Waals surface area (Å²) in [6, 6.07) is 9.21. The Labute approximate surface area is 132 Å². The predicted molar refractivity (Wildman–Crippen MR) is 87.0 cm³/mol. The molecular formula is C18H17N3O2. The largest absolute Gasteiger partial charge is 0.352 e. The molecule has 2 unspecified atom stereocenters. The lowest BCUT2D eigenvalue weighted by atomic mass is 9.71. The number of benzene rings is 1. The number of aromatic nitrogens is 3.